The average Bonchev–Trinajstić information content (AvgIpc) is 3.08. The minimum atomic E-state index is -0.751. The first-order valence-electron chi connectivity index (χ1n) is 10.3. The molecule has 4 rings (SSSR count). The topological polar surface area (TPSA) is 105 Å². The van der Waals surface area contributed by atoms with Gasteiger partial charge in [-0.05, 0) is 54.6 Å². The summed E-state index contributed by atoms with van der Waals surface area (Å²) in [6.07, 6.45) is 0. The van der Waals surface area contributed by atoms with Gasteiger partial charge in [0.2, 0.25) is 0 Å². The van der Waals surface area contributed by atoms with E-state index in [1.54, 1.807) is 36.4 Å². The lowest BCUT2D eigenvalue weighted by atomic mass is 10.1. The standard InChI is InChI=1S/C25H16Cl3N3O5/c1-36-25(35)14-4-2-5-16(12-14)30-22(32)13-8-10-15(11-9-13)29-21-20(28)23(33)31(24(21)34)18-7-3-6-17(26)19(18)27/h2-12,29H,1H3,(H,30,32). The Labute approximate surface area is 220 Å². The predicted molar refractivity (Wildman–Crippen MR) is 138 cm³/mol. The minimum absolute atomic E-state index is 0.0408. The molecule has 11 heteroatoms. The SMILES string of the molecule is COC(=O)c1cccc(NC(=O)c2ccc(NC3=C(Cl)C(=O)N(c4cccc(Cl)c4Cl)C3=O)cc2)c1. The zero-order valence-electron chi connectivity index (χ0n) is 18.5. The van der Waals surface area contributed by atoms with Crippen molar-refractivity contribution in [2.75, 3.05) is 22.6 Å². The summed E-state index contributed by atoms with van der Waals surface area (Å²) >= 11 is 18.3. The predicted octanol–water partition coefficient (Wildman–Crippen LogP) is 5.47. The van der Waals surface area contributed by atoms with Crippen molar-refractivity contribution in [1.82, 2.24) is 0 Å². The molecule has 0 bridgehead atoms. The Morgan fingerprint density at radius 2 is 1.53 bits per heavy atom. The first-order chi connectivity index (χ1) is 17.2. The van der Waals surface area contributed by atoms with Gasteiger partial charge in [-0.2, -0.15) is 0 Å². The van der Waals surface area contributed by atoms with Gasteiger partial charge in [-0.3, -0.25) is 14.4 Å². The average molecular weight is 545 g/mol. The summed E-state index contributed by atoms with van der Waals surface area (Å²) in [5.74, 6) is -2.40. The van der Waals surface area contributed by atoms with E-state index in [4.69, 9.17) is 34.8 Å². The van der Waals surface area contributed by atoms with Crippen LogP contribution in [0.5, 0.6) is 0 Å². The monoisotopic (exact) mass is 543 g/mol. The highest BCUT2D eigenvalue weighted by Crippen LogP contribution is 2.37. The molecule has 182 valence electrons. The molecule has 0 unspecified atom stereocenters. The fourth-order valence-electron chi connectivity index (χ4n) is 3.39. The number of amides is 3. The van der Waals surface area contributed by atoms with E-state index < -0.39 is 23.7 Å². The number of carbonyl (C=O) groups excluding carboxylic acids is 4. The van der Waals surface area contributed by atoms with Crippen molar-refractivity contribution in [3.05, 3.63) is 98.6 Å². The zero-order valence-corrected chi connectivity index (χ0v) is 20.7. The van der Waals surface area contributed by atoms with E-state index in [1.165, 1.54) is 37.4 Å². The van der Waals surface area contributed by atoms with Gasteiger partial charge in [-0.25, -0.2) is 9.69 Å². The lowest BCUT2D eigenvalue weighted by Crippen LogP contribution is -2.32. The second kappa shape index (κ2) is 10.4. The lowest BCUT2D eigenvalue weighted by molar-refractivity contribution is -0.120. The molecule has 0 radical (unpaired) electrons. The highest BCUT2D eigenvalue weighted by atomic mass is 35.5. The van der Waals surface area contributed by atoms with Crippen LogP contribution in [-0.2, 0) is 14.3 Å². The summed E-state index contributed by atoms with van der Waals surface area (Å²) in [5.41, 5.74) is 1.39. The molecule has 3 amide bonds. The molecule has 36 heavy (non-hydrogen) atoms. The highest BCUT2D eigenvalue weighted by molar-refractivity contribution is 6.54. The summed E-state index contributed by atoms with van der Waals surface area (Å²) in [6.45, 7) is 0. The second-order valence-corrected chi connectivity index (χ2v) is 8.60. The third-order valence-corrected chi connectivity index (χ3v) is 6.32. The molecule has 0 saturated carbocycles. The molecule has 0 aliphatic carbocycles. The number of hydrogen-bond donors (Lipinski definition) is 2. The lowest BCUT2D eigenvalue weighted by Gasteiger charge is -2.17. The van der Waals surface area contributed by atoms with E-state index in [9.17, 15) is 19.2 Å². The molecule has 0 aromatic heterocycles. The van der Waals surface area contributed by atoms with Crippen molar-refractivity contribution in [3.63, 3.8) is 0 Å². The minimum Gasteiger partial charge on any atom is -0.465 e. The van der Waals surface area contributed by atoms with Crippen molar-refractivity contribution in [3.8, 4) is 0 Å². The number of rotatable bonds is 6. The van der Waals surface area contributed by atoms with Crippen LogP contribution in [0.1, 0.15) is 20.7 Å². The normalized spacial score (nSPS) is 13.2. The molecule has 1 heterocycles. The van der Waals surface area contributed by atoms with Crippen molar-refractivity contribution in [2.45, 2.75) is 0 Å². The molecule has 1 aliphatic heterocycles. The second-order valence-electron chi connectivity index (χ2n) is 7.44. The van der Waals surface area contributed by atoms with Crippen LogP contribution in [0.2, 0.25) is 10.0 Å². The molecule has 8 nitrogen and oxygen atoms in total. The Balaban J connectivity index is 1.48. The smallest absolute Gasteiger partial charge is 0.337 e. The van der Waals surface area contributed by atoms with Crippen LogP contribution in [0, 0.1) is 0 Å². The first kappa shape index (κ1) is 25.2. The molecule has 3 aromatic rings. The van der Waals surface area contributed by atoms with Crippen LogP contribution in [0.3, 0.4) is 0 Å². The quantitative estimate of drug-likeness (QED) is 0.315. The number of nitrogens with one attached hydrogen (secondary N) is 2. The maximum atomic E-state index is 13.0. The summed E-state index contributed by atoms with van der Waals surface area (Å²) in [4.78, 5) is 50.8. The van der Waals surface area contributed by atoms with Gasteiger partial charge in [0.15, 0.2) is 0 Å². The Kier molecular flexibility index (Phi) is 7.30. The Morgan fingerprint density at radius 3 is 2.22 bits per heavy atom. The molecule has 0 atom stereocenters. The number of esters is 1. The Bertz CT molecular complexity index is 1440. The van der Waals surface area contributed by atoms with E-state index >= 15 is 0 Å². The van der Waals surface area contributed by atoms with E-state index in [-0.39, 0.29) is 26.5 Å². The van der Waals surface area contributed by atoms with Crippen LogP contribution >= 0.6 is 34.8 Å². The zero-order chi connectivity index (χ0) is 26.0. The number of methoxy groups -OCH3 is 1. The molecular weight excluding hydrogens is 529 g/mol. The summed E-state index contributed by atoms with van der Waals surface area (Å²) < 4.78 is 4.68. The summed E-state index contributed by atoms with van der Waals surface area (Å²) in [5, 5.41) is 5.42. The van der Waals surface area contributed by atoms with Crippen LogP contribution in [-0.4, -0.2) is 30.8 Å². The Morgan fingerprint density at radius 1 is 0.833 bits per heavy atom. The van der Waals surface area contributed by atoms with E-state index in [0.717, 1.165) is 4.90 Å². The fraction of sp³-hybridized carbons (Fsp3) is 0.0400. The van der Waals surface area contributed by atoms with Gasteiger partial charge in [0, 0.05) is 16.9 Å². The molecule has 0 saturated heterocycles. The summed E-state index contributed by atoms with van der Waals surface area (Å²) in [7, 11) is 1.27. The molecular formula is C25H16Cl3N3O5. The molecule has 1 aliphatic rings. The number of hydrogen-bond acceptors (Lipinski definition) is 6. The van der Waals surface area contributed by atoms with Gasteiger partial charge >= 0.3 is 5.97 Å². The summed E-state index contributed by atoms with van der Waals surface area (Å²) in [6, 6.07) is 17.0. The number of anilines is 3. The van der Waals surface area contributed by atoms with Crippen molar-refractivity contribution < 1.29 is 23.9 Å². The number of carbonyl (C=O) groups is 4. The maximum Gasteiger partial charge on any atom is 0.337 e. The molecule has 0 spiro atoms. The first-order valence-corrected chi connectivity index (χ1v) is 11.4. The van der Waals surface area contributed by atoms with Crippen LogP contribution in [0.15, 0.2) is 77.5 Å². The van der Waals surface area contributed by atoms with Gasteiger partial charge in [0.25, 0.3) is 17.7 Å². The third-order valence-electron chi connectivity index (χ3n) is 5.16. The highest BCUT2D eigenvalue weighted by Gasteiger charge is 2.40. The van der Waals surface area contributed by atoms with Crippen LogP contribution in [0.25, 0.3) is 0 Å². The number of benzene rings is 3. The van der Waals surface area contributed by atoms with Crippen molar-refractivity contribution in [1.29, 1.82) is 0 Å². The number of nitrogens with zero attached hydrogens (tertiary/aromatic N) is 1. The van der Waals surface area contributed by atoms with Gasteiger partial charge in [0.05, 0.1) is 28.4 Å². The number of ether oxygens (including phenoxy) is 1. The van der Waals surface area contributed by atoms with Gasteiger partial charge in [-0.1, -0.05) is 46.9 Å². The van der Waals surface area contributed by atoms with E-state index in [0.29, 0.717) is 22.5 Å². The fourth-order valence-corrected chi connectivity index (χ4v) is 3.98. The van der Waals surface area contributed by atoms with E-state index in [2.05, 4.69) is 15.4 Å². The van der Waals surface area contributed by atoms with E-state index in [1.807, 2.05) is 0 Å². The van der Waals surface area contributed by atoms with Crippen molar-refractivity contribution in [2.24, 2.45) is 0 Å². The van der Waals surface area contributed by atoms with Gasteiger partial charge in [-0.15, -0.1) is 0 Å². The van der Waals surface area contributed by atoms with Gasteiger partial charge in [0.1, 0.15) is 10.7 Å². The maximum absolute atomic E-state index is 13.0. The van der Waals surface area contributed by atoms with Crippen LogP contribution in [0.4, 0.5) is 17.1 Å². The molecule has 3 aromatic carbocycles. The van der Waals surface area contributed by atoms with Crippen molar-refractivity contribution >= 4 is 75.6 Å². The van der Waals surface area contributed by atoms with Gasteiger partial charge < -0.3 is 15.4 Å². The molecule has 2 N–H and O–H groups in total. The number of imide groups is 1. The Hall–Kier alpha value is -3.85. The largest absolute Gasteiger partial charge is 0.465 e. The third kappa shape index (κ3) is 4.92. The molecule has 0 fully saturated rings. The number of halogens is 3. The van der Waals surface area contributed by atoms with Crippen LogP contribution < -0.4 is 15.5 Å².